The number of benzene rings is 2. The number of hydrogen-bond donors (Lipinski definition) is 1. The Bertz CT molecular complexity index is 732. The van der Waals surface area contributed by atoms with Crippen LogP contribution in [0.2, 0.25) is 0 Å². The van der Waals surface area contributed by atoms with Crippen molar-refractivity contribution in [2.75, 3.05) is 11.4 Å². The van der Waals surface area contributed by atoms with Crippen molar-refractivity contribution in [1.29, 1.82) is 0 Å². The van der Waals surface area contributed by atoms with Crippen molar-refractivity contribution in [2.45, 2.75) is 17.4 Å². The molecule has 0 fully saturated rings. The molecule has 2 atom stereocenters. The third-order valence-electron chi connectivity index (χ3n) is 3.60. The number of carbonyl (C=O) groups is 1. The molecule has 2 aromatic carbocycles. The molecule has 0 spiro atoms. The zero-order valence-corrected chi connectivity index (χ0v) is 12.7. The van der Waals surface area contributed by atoms with E-state index in [0.29, 0.717) is 10.5 Å². The summed E-state index contributed by atoms with van der Waals surface area (Å²) in [6, 6.07) is 13.5. The van der Waals surface area contributed by atoms with Gasteiger partial charge in [-0.25, -0.2) is 4.21 Å². The molecule has 1 aliphatic rings. The highest BCUT2D eigenvalue weighted by molar-refractivity contribution is 7.87. The monoisotopic (exact) mass is 317 g/mol. The molecule has 0 radical (unpaired) electrons. The Hall–Kier alpha value is -2.34. The zero-order chi connectivity index (χ0) is 15.7. The van der Waals surface area contributed by atoms with Crippen LogP contribution in [0.15, 0.2) is 53.4 Å². The predicted molar refractivity (Wildman–Crippen MR) is 82.8 cm³/mol. The number of carbonyl (C=O) groups excluding carboxylic acids is 1. The van der Waals surface area contributed by atoms with E-state index in [1.54, 1.807) is 16.4 Å². The first-order valence-electron chi connectivity index (χ1n) is 6.77. The van der Waals surface area contributed by atoms with Crippen molar-refractivity contribution in [3.63, 3.8) is 0 Å². The molecule has 5 nitrogen and oxygen atoms in total. The van der Waals surface area contributed by atoms with Gasteiger partial charge in [0.15, 0.2) is 11.0 Å². The SMILES string of the molecule is COC(=O)CC1c2cc(O)ccc2S(=O)N1c1ccccc1. The summed E-state index contributed by atoms with van der Waals surface area (Å²) < 4.78 is 19.2. The zero-order valence-electron chi connectivity index (χ0n) is 11.9. The van der Waals surface area contributed by atoms with Gasteiger partial charge in [-0.15, -0.1) is 0 Å². The molecule has 0 amide bonds. The standard InChI is InChI=1S/C16H15NO4S/c1-21-16(19)10-14-13-9-12(18)7-8-15(13)22(20)17(14)11-5-3-2-4-6-11/h2-9,14,18H,10H2,1H3. The lowest BCUT2D eigenvalue weighted by atomic mass is 10.0. The molecule has 2 aromatic rings. The highest BCUT2D eigenvalue weighted by Gasteiger charge is 2.38. The minimum atomic E-state index is -1.43. The number of phenolic OH excluding ortho intramolecular Hbond substituents is 1. The second-order valence-electron chi connectivity index (χ2n) is 4.93. The van der Waals surface area contributed by atoms with Crippen molar-refractivity contribution in [1.82, 2.24) is 0 Å². The molecule has 0 aromatic heterocycles. The number of ether oxygens (including phenoxy) is 1. The van der Waals surface area contributed by atoms with Crippen molar-refractivity contribution in [2.24, 2.45) is 0 Å². The Morgan fingerprint density at radius 1 is 1.27 bits per heavy atom. The minimum Gasteiger partial charge on any atom is -0.508 e. The quantitative estimate of drug-likeness (QED) is 0.884. The molecular formula is C16H15NO4S. The highest BCUT2D eigenvalue weighted by Crippen LogP contribution is 2.43. The fourth-order valence-corrected chi connectivity index (χ4v) is 4.11. The van der Waals surface area contributed by atoms with E-state index < -0.39 is 17.0 Å². The number of anilines is 1. The van der Waals surface area contributed by atoms with Crippen LogP contribution in [0, 0.1) is 0 Å². The van der Waals surface area contributed by atoms with Gasteiger partial charge in [0.2, 0.25) is 0 Å². The van der Waals surface area contributed by atoms with Gasteiger partial charge in [0.05, 0.1) is 30.2 Å². The van der Waals surface area contributed by atoms with Gasteiger partial charge in [-0.2, -0.15) is 0 Å². The molecule has 0 saturated carbocycles. The second-order valence-corrected chi connectivity index (χ2v) is 6.26. The summed E-state index contributed by atoms with van der Waals surface area (Å²) >= 11 is 0. The largest absolute Gasteiger partial charge is 0.508 e. The smallest absolute Gasteiger partial charge is 0.307 e. The Labute approximate surface area is 130 Å². The molecular weight excluding hydrogens is 302 g/mol. The van der Waals surface area contributed by atoms with Gasteiger partial charge in [-0.1, -0.05) is 18.2 Å². The average molecular weight is 317 g/mol. The van der Waals surface area contributed by atoms with Crippen LogP contribution in [0.3, 0.4) is 0 Å². The molecule has 6 heteroatoms. The summed E-state index contributed by atoms with van der Waals surface area (Å²) in [6.07, 6.45) is 0.0631. The van der Waals surface area contributed by atoms with Crippen molar-refractivity contribution in [3.05, 3.63) is 54.1 Å². The van der Waals surface area contributed by atoms with Gasteiger partial charge in [-0.05, 0) is 35.9 Å². The van der Waals surface area contributed by atoms with Crippen LogP contribution >= 0.6 is 0 Å². The Kier molecular flexibility index (Phi) is 3.85. The number of fused-ring (bicyclic) bond motifs is 1. The number of aromatic hydroxyl groups is 1. The number of phenols is 1. The van der Waals surface area contributed by atoms with Crippen LogP contribution in [-0.4, -0.2) is 22.4 Å². The van der Waals surface area contributed by atoms with E-state index in [-0.39, 0.29) is 18.1 Å². The molecule has 1 aliphatic heterocycles. The maximum Gasteiger partial charge on any atom is 0.307 e. The van der Waals surface area contributed by atoms with Crippen molar-refractivity contribution in [3.8, 4) is 5.75 Å². The molecule has 1 N–H and O–H groups in total. The number of nitrogens with zero attached hydrogens (tertiary/aromatic N) is 1. The van der Waals surface area contributed by atoms with E-state index in [1.165, 1.54) is 13.2 Å². The molecule has 2 unspecified atom stereocenters. The van der Waals surface area contributed by atoms with Gasteiger partial charge in [0.1, 0.15) is 5.75 Å². The second kappa shape index (κ2) is 5.81. The predicted octanol–water partition coefficient (Wildman–Crippen LogP) is 2.54. The van der Waals surface area contributed by atoms with Crippen LogP contribution in [-0.2, 0) is 20.5 Å². The third kappa shape index (κ3) is 2.46. The number of para-hydroxylation sites is 1. The van der Waals surface area contributed by atoms with Crippen LogP contribution in [0.5, 0.6) is 5.75 Å². The van der Waals surface area contributed by atoms with Crippen molar-refractivity contribution < 1.29 is 18.8 Å². The van der Waals surface area contributed by atoms with E-state index in [1.807, 2.05) is 30.3 Å². The summed E-state index contributed by atoms with van der Waals surface area (Å²) in [5.41, 5.74) is 1.44. The average Bonchev–Trinajstić information content (AvgIpc) is 2.80. The molecule has 0 bridgehead atoms. The van der Waals surface area contributed by atoms with Crippen LogP contribution in [0.4, 0.5) is 5.69 Å². The van der Waals surface area contributed by atoms with Crippen LogP contribution in [0.1, 0.15) is 18.0 Å². The number of rotatable bonds is 3. The van der Waals surface area contributed by atoms with Gasteiger partial charge in [0.25, 0.3) is 0 Å². The van der Waals surface area contributed by atoms with E-state index in [9.17, 15) is 14.1 Å². The maximum atomic E-state index is 12.8. The van der Waals surface area contributed by atoms with Crippen LogP contribution < -0.4 is 4.31 Å². The van der Waals surface area contributed by atoms with E-state index in [4.69, 9.17) is 4.74 Å². The third-order valence-corrected chi connectivity index (χ3v) is 5.17. The molecule has 114 valence electrons. The summed E-state index contributed by atoms with van der Waals surface area (Å²) in [7, 11) is -0.105. The van der Waals surface area contributed by atoms with E-state index >= 15 is 0 Å². The molecule has 0 saturated heterocycles. The fraction of sp³-hybridized carbons (Fsp3) is 0.188. The first-order valence-corrected chi connectivity index (χ1v) is 7.88. The van der Waals surface area contributed by atoms with Gasteiger partial charge in [-0.3, -0.25) is 9.10 Å². The summed E-state index contributed by atoms with van der Waals surface area (Å²) in [5.74, 6) is -0.306. The summed E-state index contributed by atoms with van der Waals surface area (Å²) in [6.45, 7) is 0. The lowest BCUT2D eigenvalue weighted by Gasteiger charge is -2.24. The van der Waals surface area contributed by atoms with Gasteiger partial charge < -0.3 is 9.84 Å². The number of esters is 1. The fourth-order valence-electron chi connectivity index (χ4n) is 2.59. The van der Waals surface area contributed by atoms with Gasteiger partial charge in [0, 0.05) is 0 Å². The maximum absolute atomic E-state index is 12.8. The van der Waals surface area contributed by atoms with Crippen LogP contribution in [0.25, 0.3) is 0 Å². The Balaban J connectivity index is 2.09. The topological polar surface area (TPSA) is 66.8 Å². The normalized spacial score (nSPS) is 19.8. The van der Waals surface area contributed by atoms with E-state index in [2.05, 4.69) is 0 Å². The Morgan fingerprint density at radius 3 is 2.68 bits per heavy atom. The molecule has 0 aliphatic carbocycles. The molecule has 3 rings (SSSR count). The van der Waals surface area contributed by atoms with E-state index in [0.717, 1.165) is 5.69 Å². The molecule has 22 heavy (non-hydrogen) atoms. The summed E-state index contributed by atoms with van der Waals surface area (Å²) in [5, 5.41) is 9.71. The molecule has 1 heterocycles. The summed E-state index contributed by atoms with van der Waals surface area (Å²) in [4.78, 5) is 12.3. The highest BCUT2D eigenvalue weighted by atomic mass is 32.2. The van der Waals surface area contributed by atoms with Crippen molar-refractivity contribution >= 4 is 22.6 Å². The van der Waals surface area contributed by atoms with Gasteiger partial charge >= 0.3 is 5.97 Å². The number of hydrogen-bond acceptors (Lipinski definition) is 4. The minimum absolute atomic E-state index is 0.0631. The Morgan fingerprint density at radius 2 is 2.00 bits per heavy atom. The lowest BCUT2D eigenvalue weighted by molar-refractivity contribution is -0.141. The first-order chi connectivity index (χ1) is 10.6. The number of methoxy groups -OCH3 is 1. The lowest BCUT2D eigenvalue weighted by Crippen LogP contribution is -2.26. The first kappa shape index (κ1) is 14.6.